The predicted octanol–water partition coefficient (Wildman–Crippen LogP) is 0.504. The van der Waals surface area contributed by atoms with Crippen LogP contribution in [0, 0.1) is 0 Å². The van der Waals surface area contributed by atoms with Gasteiger partial charge in [-0.25, -0.2) is 0 Å². The van der Waals surface area contributed by atoms with E-state index in [4.69, 9.17) is 5.73 Å². The first-order valence-electron chi connectivity index (χ1n) is 5.81. The topological polar surface area (TPSA) is 32.5 Å². The van der Waals surface area contributed by atoms with Crippen molar-refractivity contribution in [2.45, 2.75) is 37.8 Å². The molecule has 0 radical (unpaired) electrons. The normalized spacial score (nSPS) is 34.1. The number of nitrogens with two attached hydrogens (primary N) is 1. The molecule has 1 aliphatic carbocycles. The second-order valence-corrected chi connectivity index (χ2v) is 5.30. The van der Waals surface area contributed by atoms with Crippen LogP contribution in [0.3, 0.4) is 0 Å². The minimum Gasteiger partial charge on any atom is -0.324 e. The Morgan fingerprint density at radius 1 is 1.36 bits per heavy atom. The van der Waals surface area contributed by atoms with E-state index in [1.54, 1.807) is 0 Å². The Bertz CT molecular complexity index is 201. The second kappa shape index (κ2) is 3.80. The Hall–Kier alpha value is -0.120. The first-order chi connectivity index (χ1) is 6.59. The molecular formula is C11H23N3. The smallest absolute Gasteiger partial charge is 0.0283 e. The van der Waals surface area contributed by atoms with Crippen LogP contribution in [0.25, 0.3) is 0 Å². The van der Waals surface area contributed by atoms with Crippen LogP contribution in [0.4, 0.5) is 0 Å². The standard InChI is InChI=1S/C11H23N3/c1-10-8-13(2)6-7-14(10)9-11(12)4-3-5-11/h10H,3-9,12H2,1-2H3. The Kier molecular flexibility index (Phi) is 2.82. The molecule has 2 fully saturated rings. The zero-order chi connectivity index (χ0) is 10.2. The van der Waals surface area contributed by atoms with E-state index in [1.165, 1.54) is 38.9 Å². The van der Waals surface area contributed by atoms with E-state index >= 15 is 0 Å². The summed E-state index contributed by atoms with van der Waals surface area (Å²) in [5, 5.41) is 0. The summed E-state index contributed by atoms with van der Waals surface area (Å²) >= 11 is 0. The van der Waals surface area contributed by atoms with E-state index < -0.39 is 0 Å². The zero-order valence-corrected chi connectivity index (χ0v) is 9.50. The average molecular weight is 197 g/mol. The van der Waals surface area contributed by atoms with Gasteiger partial charge in [-0.1, -0.05) is 0 Å². The largest absolute Gasteiger partial charge is 0.324 e. The maximum atomic E-state index is 6.28. The maximum absolute atomic E-state index is 6.28. The van der Waals surface area contributed by atoms with Crippen molar-refractivity contribution in [3.8, 4) is 0 Å². The van der Waals surface area contributed by atoms with Crippen LogP contribution in [-0.2, 0) is 0 Å². The minimum absolute atomic E-state index is 0.157. The first-order valence-corrected chi connectivity index (χ1v) is 5.81. The molecule has 1 aliphatic heterocycles. The molecule has 1 heterocycles. The van der Waals surface area contributed by atoms with Crippen molar-refractivity contribution in [3.63, 3.8) is 0 Å². The molecule has 2 aliphatic rings. The molecule has 3 nitrogen and oxygen atoms in total. The first kappa shape index (κ1) is 10.4. The van der Waals surface area contributed by atoms with Crippen LogP contribution in [-0.4, -0.2) is 54.6 Å². The van der Waals surface area contributed by atoms with Crippen molar-refractivity contribution in [2.75, 3.05) is 33.2 Å². The molecule has 0 spiro atoms. The third-order valence-electron chi connectivity index (χ3n) is 3.84. The van der Waals surface area contributed by atoms with Crippen LogP contribution >= 0.6 is 0 Å². The SMILES string of the molecule is CC1CN(C)CCN1CC1(N)CCC1. The van der Waals surface area contributed by atoms with E-state index in [-0.39, 0.29) is 5.54 Å². The van der Waals surface area contributed by atoms with E-state index in [1.807, 2.05) is 0 Å². The van der Waals surface area contributed by atoms with E-state index in [0.717, 1.165) is 6.54 Å². The molecule has 1 unspecified atom stereocenters. The molecule has 82 valence electrons. The van der Waals surface area contributed by atoms with Crippen LogP contribution in [0.15, 0.2) is 0 Å². The van der Waals surface area contributed by atoms with Crippen LogP contribution in [0.2, 0.25) is 0 Å². The lowest BCUT2D eigenvalue weighted by Gasteiger charge is -2.46. The van der Waals surface area contributed by atoms with Gasteiger partial charge in [-0.05, 0) is 33.2 Å². The van der Waals surface area contributed by atoms with Gasteiger partial charge in [0.2, 0.25) is 0 Å². The summed E-state index contributed by atoms with van der Waals surface area (Å²) in [5.74, 6) is 0. The monoisotopic (exact) mass is 197 g/mol. The van der Waals surface area contributed by atoms with Crippen molar-refractivity contribution in [1.82, 2.24) is 9.80 Å². The molecule has 0 aromatic rings. The third kappa shape index (κ3) is 2.10. The second-order valence-electron chi connectivity index (χ2n) is 5.30. The molecule has 1 atom stereocenters. The van der Waals surface area contributed by atoms with Crippen molar-refractivity contribution in [2.24, 2.45) is 5.73 Å². The van der Waals surface area contributed by atoms with Crippen LogP contribution in [0.5, 0.6) is 0 Å². The fraction of sp³-hybridized carbons (Fsp3) is 1.00. The number of rotatable bonds is 2. The highest BCUT2D eigenvalue weighted by Crippen LogP contribution is 2.30. The van der Waals surface area contributed by atoms with E-state index in [2.05, 4.69) is 23.8 Å². The lowest BCUT2D eigenvalue weighted by Crippen LogP contribution is -2.60. The lowest BCUT2D eigenvalue weighted by molar-refractivity contribution is 0.0575. The highest BCUT2D eigenvalue weighted by Gasteiger charge is 2.36. The molecule has 1 saturated carbocycles. The lowest BCUT2D eigenvalue weighted by atomic mass is 9.77. The zero-order valence-electron chi connectivity index (χ0n) is 9.50. The predicted molar refractivity (Wildman–Crippen MR) is 59.3 cm³/mol. The quantitative estimate of drug-likeness (QED) is 0.700. The van der Waals surface area contributed by atoms with Crippen molar-refractivity contribution in [3.05, 3.63) is 0 Å². The summed E-state index contributed by atoms with van der Waals surface area (Å²) in [7, 11) is 2.20. The Labute approximate surface area is 87.2 Å². The van der Waals surface area contributed by atoms with Crippen molar-refractivity contribution < 1.29 is 0 Å². The summed E-state index contributed by atoms with van der Waals surface area (Å²) in [6.07, 6.45) is 3.79. The van der Waals surface area contributed by atoms with Gasteiger partial charge in [0.15, 0.2) is 0 Å². The van der Waals surface area contributed by atoms with Gasteiger partial charge in [-0.3, -0.25) is 4.90 Å². The van der Waals surface area contributed by atoms with E-state index in [9.17, 15) is 0 Å². The summed E-state index contributed by atoms with van der Waals surface area (Å²) in [6.45, 7) is 7.01. The molecular weight excluding hydrogens is 174 g/mol. The molecule has 1 saturated heterocycles. The Morgan fingerprint density at radius 3 is 2.57 bits per heavy atom. The average Bonchev–Trinajstić information content (AvgIpc) is 2.07. The highest BCUT2D eigenvalue weighted by molar-refractivity contribution is 4.96. The summed E-state index contributed by atoms with van der Waals surface area (Å²) in [6, 6.07) is 0.676. The van der Waals surface area contributed by atoms with Gasteiger partial charge in [0.1, 0.15) is 0 Å². The summed E-state index contributed by atoms with van der Waals surface area (Å²) < 4.78 is 0. The van der Waals surface area contributed by atoms with Gasteiger partial charge >= 0.3 is 0 Å². The summed E-state index contributed by atoms with van der Waals surface area (Å²) in [4.78, 5) is 4.98. The van der Waals surface area contributed by atoms with Crippen LogP contribution in [0.1, 0.15) is 26.2 Å². The number of hydrogen-bond donors (Lipinski definition) is 1. The third-order valence-corrected chi connectivity index (χ3v) is 3.84. The van der Waals surface area contributed by atoms with Gasteiger partial charge in [0.05, 0.1) is 0 Å². The molecule has 0 amide bonds. The molecule has 3 heteroatoms. The molecule has 0 bridgehead atoms. The van der Waals surface area contributed by atoms with Gasteiger partial charge in [0.25, 0.3) is 0 Å². The molecule has 0 aromatic carbocycles. The fourth-order valence-electron chi connectivity index (χ4n) is 2.61. The molecule has 14 heavy (non-hydrogen) atoms. The van der Waals surface area contributed by atoms with Crippen LogP contribution < -0.4 is 5.73 Å². The van der Waals surface area contributed by atoms with Gasteiger partial charge < -0.3 is 10.6 Å². The Balaban J connectivity index is 1.85. The molecule has 0 aromatic heterocycles. The van der Waals surface area contributed by atoms with Gasteiger partial charge in [-0.2, -0.15) is 0 Å². The number of piperazine rings is 1. The summed E-state index contributed by atoms with van der Waals surface area (Å²) in [5.41, 5.74) is 6.43. The molecule has 2 rings (SSSR count). The number of hydrogen-bond acceptors (Lipinski definition) is 3. The Morgan fingerprint density at radius 2 is 2.07 bits per heavy atom. The highest BCUT2D eigenvalue weighted by atomic mass is 15.3. The van der Waals surface area contributed by atoms with E-state index in [0.29, 0.717) is 6.04 Å². The van der Waals surface area contributed by atoms with Gasteiger partial charge in [-0.15, -0.1) is 0 Å². The minimum atomic E-state index is 0.157. The molecule has 2 N–H and O–H groups in total. The number of likely N-dealkylation sites (N-methyl/N-ethyl adjacent to an activating group) is 1. The number of nitrogens with zero attached hydrogens (tertiary/aromatic N) is 2. The van der Waals surface area contributed by atoms with Crippen molar-refractivity contribution in [1.29, 1.82) is 0 Å². The van der Waals surface area contributed by atoms with Crippen molar-refractivity contribution >= 4 is 0 Å². The van der Waals surface area contributed by atoms with Gasteiger partial charge in [0, 0.05) is 37.8 Å². The maximum Gasteiger partial charge on any atom is 0.0283 e. The fourth-order valence-corrected chi connectivity index (χ4v) is 2.61.